The number of hydrogen-bond acceptors (Lipinski definition) is 3. The van der Waals surface area contributed by atoms with E-state index in [2.05, 4.69) is 66.5 Å². The van der Waals surface area contributed by atoms with Crippen molar-refractivity contribution in [3.63, 3.8) is 0 Å². The van der Waals surface area contributed by atoms with E-state index in [0.29, 0.717) is 0 Å². The second-order valence-electron chi connectivity index (χ2n) is 6.76. The van der Waals surface area contributed by atoms with Crippen molar-refractivity contribution in [2.45, 2.75) is 26.8 Å². The Balaban J connectivity index is 1.47. The summed E-state index contributed by atoms with van der Waals surface area (Å²) in [4.78, 5) is 2.51. The lowest BCUT2D eigenvalue weighted by molar-refractivity contribution is 0.233. The zero-order chi connectivity index (χ0) is 16.8. The summed E-state index contributed by atoms with van der Waals surface area (Å²) in [5.41, 5.74) is 5.24. The maximum absolute atomic E-state index is 5.91. The van der Waals surface area contributed by atoms with Gasteiger partial charge in [-0.25, -0.2) is 0 Å². The fourth-order valence-electron chi connectivity index (χ4n) is 3.24. The highest BCUT2D eigenvalue weighted by molar-refractivity contribution is 5.33. The highest BCUT2D eigenvalue weighted by atomic mass is 16.5. The van der Waals surface area contributed by atoms with Gasteiger partial charge in [-0.2, -0.15) is 0 Å². The minimum atomic E-state index is 0.722. The Morgan fingerprint density at radius 1 is 0.917 bits per heavy atom. The molecule has 1 saturated heterocycles. The number of piperazine rings is 1. The molecule has 0 atom stereocenters. The monoisotopic (exact) mass is 324 g/mol. The molecule has 1 N–H and O–H groups in total. The van der Waals surface area contributed by atoms with E-state index < -0.39 is 0 Å². The highest BCUT2D eigenvalue weighted by Crippen LogP contribution is 2.16. The molecule has 24 heavy (non-hydrogen) atoms. The standard InChI is InChI=1S/C21H28N2O/c1-17-13-18(2)15-21(14-17)24-12-7-19-3-5-20(6-4-19)16-23-10-8-22-9-11-23/h3-6,13-15,22H,7-12,16H2,1-2H3. The Bertz CT molecular complexity index is 625. The molecular weight excluding hydrogens is 296 g/mol. The molecule has 2 aromatic rings. The Morgan fingerprint density at radius 3 is 2.21 bits per heavy atom. The summed E-state index contributed by atoms with van der Waals surface area (Å²) in [6, 6.07) is 15.4. The first-order chi connectivity index (χ1) is 11.7. The highest BCUT2D eigenvalue weighted by Gasteiger charge is 2.09. The van der Waals surface area contributed by atoms with Crippen LogP contribution in [0.2, 0.25) is 0 Å². The third-order valence-electron chi connectivity index (χ3n) is 4.49. The molecule has 0 radical (unpaired) electrons. The molecule has 128 valence electrons. The number of hydrogen-bond donors (Lipinski definition) is 1. The van der Waals surface area contributed by atoms with E-state index in [0.717, 1.165) is 51.5 Å². The van der Waals surface area contributed by atoms with Gasteiger partial charge in [-0.05, 0) is 48.2 Å². The summed E-state index contributed by atoms with van der Waals surface area (Å²) in [5, 5.41) is 3.40. The lowest BCUT2D eigenvalue weighted by Crippen LogP contribution is -2.42. The van der Waals surface area contributed by atoms with Crippen LogP contribution in [0.3, 0.4) is 0 Å². The Hall–Kier alpha value is -1.84. The molecule has 3 nitrogen and oxygen atoms in total. The van der Waals surface area contributed by atoms with Gasteiger partial charge in [0.15, 0.2) is 0 Å². The van der Waals surface area contributed by atoms with E-state index in [9.17, 15) is 0 Å². The minimum absolute atomic E-state index is 0.722. The first-order valence-electron chi connectivity index (χ1n) is 8.91. The number of nitrogens with zero attached hydrogens (tertiary/aromatic N) is 1. The summed E-state index contributed by atoms with van der Waals surface area (Å²) < 4.78 is 5.91. The van der Waals surface area contributed by atoms with E-state index >= 15 is 0 Å². The van der Waals surface area contributed by atoms with Crippen LogP contribution in [-0.4, -0.2) is 37.7 Å². The predicted octanol–water partition coefficient (Wildman–Crippen LogP) is 3.33. The van der Waals surface area contributed by atoms with Crippen LogP contribution >= 0.6 is 0 Å². The third kappa shape index (κ3) is 5.08. The molecule has 1 heterocycles. The van der Waals surface area contributed by atoms with Gasteiger partial charge in [0.1, 0.15) is 5.75 Å². The van der Waals surface area contributed by atoms with E-state index in [1.165, 1.54) is 22.3 Å². The first kappa shape index (κ1) is 17.0. The van der Waals surface area contributed by atoms with E-state index in [4.69, 9.17) is 4.74 Å². The first-order valence-corrected chi connectivity index (χ1v) is 8.91. The summed E-state index contributed by atoms with van der Waals surface area (Å²) in [6.07, 6.45) is 0.945. The number of aryl methyl sites for hydroxylation is 2. The quantitative estimate of drug-likeness (QED) is 0.882. The van der Waals surface area contributed by atoms with E-state index in [-0.39, 0.29) is 0 Å². The summed E-state index contributed by atoms with van der Waals surface area (Å²) in [7, 11) is 0. The molecule has 2 aromatic carbocycles. The van der Waals surface area contributed by atoms with Gasteiger partial charge in [-0.15, -0.1) is 0 Å². The van der Waals surface area contributed by atoms with Crippen molar-refractivity contribution in [3.05, 3.63) is 64.7 Å². The SMILES string of the molecule is Cc1cc(C)cc(OCCc2ccc(CN3CCNCC3)cc2)c1. The van der Waals surface area contributed by atoms with Crippen molar-refractivity contribution in [2.24, 2.45) is 0 Å². The number of nitrogens with one attached hydrogen (secondary N) is 1. The second kappa shape index (κ2) is 8.32. The average molecular weight is 324 g/mol. The van der Waals surface area contributed by atoms with Crippen molar-refractivity contribution in [3.8, 4) is 5.75 Å². The van der Waals surface area contributed by atoms with Gasteiger partial charge in [0.25, 0.3) is 0 Å². The zero-order valence-electron chi connectivity index (χ0n) is 14.8. The zero-order valence-corrected chi connectivity index (χ0v) is 14.8. The normalized spacial score (nSPS) is 15.4. The topological polar surface area (TPSA) is 24.5 Å². The minimum Gasteiger partial charge on any atom is -0.493 e. The average Bonchev–Trinajstić information content (AvgIpc) is 2.57. The van der Waals surface area contributed by atoms with Gasteiger partial charge in [0.05, 0.1) is 6.61 Å². The molecule has 0 aliphatic carbocycles. The Morgan fingerprint density at radius 2 is 1.54 bits per heavy atom. The van der Waals surface area contributed by atoms with Gasteiger partial charge in [0, 0.05) is 39.1 Å². The van der Waals surface area contributed by atoms with E-state index in [1.54, 1.807) is 0 Å². The lowest BCUT2D eigenvalue weighted by atomic mass is 10.1. The van der Waals surface area contributed by atoms with Crippen LogP contribution in [-0.2, 0) is 13.0 Å². The van der Waals surface area contributed by atoms with Crippen LogP contribution in [0.4, 0.5) is 0 Å². The van der Waals surface area contributed by atoms with Crippen LogP contribution in [0.15, 0.2) is 42.5 Å². The largest absolute Gasteiger partial charge is 0.493 e. The number of rotatable bonds is 6. The molecule has 0 amide bonds. The number of ether oxygens (including phenoxy) is 1. The van der Waals surface area contributed by atoms with Crippen molar-refractivity contribution in [1.82, 2.24) is 10.2 Å². The van der Waals surface area contributed by atoms with Crippen LogP contribution in [0, 0.1) is 13.8 Å². The Labute approximate surface area is 145 Å². The maximum atomic E-state index is 5.91. The number of benzene rings is 2. The van der Waals surface area contributed by atoms with Crippen LogP contribution < -0.4 is 10.1 Å². The molecule has 0 aromatic heterocycles. The smallest absolute Gasteiger partial charge is 0.119 e. The fourth-order valence-corrected chi connectivity index (χ4v) is 3.24. The predicted molar refractivity (Wildman–Crippen MR) is 99.7 cm³/mol. The van der Waals surface area contributed by atoms with Gasteiger partial charge in [-0.3, -0.25) is 4.90 Å². The van der Waals surface area contributed by atoms with Gasteiger partial charge in [0.2, 0.25) is 0 Å². The van der Waals surface area contributed by atoms with Gasteiger partial charge in [-0.1, -0.05) is 30.3 Å². The third-order valence-corrected chi connectivity index (χ3v) is 4.49. The van der Waals surface area contributed by atoms with Crippen molar-refractivity contribution in [1.29, 1.82) is 0 Å². The molecular formula is C21H28N2O. The van der Waals surface area contributed by atoms with Crippen LogP contribution in [0.5, 0.6) is 5.75 Å². The van der Waals surface area contributed by atoms with E-state index in [1.807, 2.05) is 0 Å². The van der Waals surface area contributed by atoms with Crippen LogP contribution in [0.1, 0.15) is 22.3 Å². The summed E-state index contributed by atoms with van der Waals surface area (Å²) in [5.74, 6) is 0.975. The van der Waals surface area contributed by atoms with Crippen molar-refractivity contribution < 1.29 is 4.74 Å². The molecule has 1 aliphatic rings. The summed E-state index contributed by atoms with van der Waals surface area (Å²) in [6.45, 7) is 10.5. The summed E-state index contributed by atoms with van der Waals surface area (Å²) >= 11 is 0. The lowest BCUT2D eigenvalue weighted by Gasteiger charge is -2.27. The second-order valence-corrected chi connectivity index (χ2v) is 6.76. The molecule has 3 heteroatoms. The maximum Gasteiger partial charge on any atom is 0.119 e. The molecule has 1 fully saturated rings. The van der Waals surface area contributed by atoms with Gasteiger partial charge >= 0.3 is 0 Å². The molecule has 0 saturated carbocycles. The van der Waals surface area contributed by atoms with Crippen molar-refractivity contribution in [2.75, 3.05) is 32.8 Å². The van der Waals surface area contributed by atoms with Crippen LogP contribution in [0.25, 0.3) is 0 Å². The fraction of sp³-hybridized carbons (Fsp3) is 0.429. The molecule has 0 unspecified atom stereocenters. The molecule has 3 rings (SSSR count). The molecule has 1 aliphatic heterocycles. The Kier molecular flexibility index (Phi) is 5.89. The molecule has 0 bridgehead atoms. The van der Waals surface area contributed by atoms with Gasteiger partial charge < -0.3 is 10.1 Å². The molecule has 0 spiro atoms. The van der Waals surface area contributed by atoms with Crippen molar-refractivity contribution >= 4 is 0 Å².